The fourth-order valence-electron chi connectivity index (χ4n) is 6.58. The van der Waals surface area contributed by atoms with Gasteiger partial charge in [-0.15, -0.1) is 0 Å². The lowest BCUT2D eigenvalue weighted by Crippen LogP contribution is -2.29. The normalized spacial score (nSPS) is 15.6. The number of rotatable bonds is 7. The first-order valence-electron chi connectivity index (χ1n) is 14.7. The Morgan fingerprint density at radius 2 is 0.805 bits per heavy atom. The third-order valence-electron chi connectivity index (χ3n) is 7.90. The second-order valence-corrected chi connectivity index (χ2v) is 17.1. The van der Waals surface area contributed by atoms with Crippen LogP contribution in [0.3, 0.4) is 0 Å². The molecule has 1 unspecified atom stereocenters. The van der Waals surface area contributed by atoms with Crippen LogP contribution in [0.25, 0.3) is 0 Å². The third-order valence-corrected chi connectivity index (χ3v) is 13.2. The average molecular weight is 574 g/mol. The number of benzene rings is 4. The predicted molar refractivity (Wildman–Crippen MR) is 185 cm³/mol. The van der Waals surface area contributed by atoms with Crippen molar-refractivity contribution in [1.82, 2.24) is 0 Å². The van der Waals surface area contributed by atoms with E-state index in [4.69, 9.17) is 0 Å². The average Bonchev–Trinajstić information content (AvgIpc) is 3.31. The molecule has 2 atom stereocenters. The summed E-state index contributed by atoms with van der Waals surface area (Å²) in [6.45, 7) is 20.4. The molecular weight excluding hydrogens is 530 g/mol. The predicted octanol–water partition coefficient (Wildman–Crippen LogP) is 8.78. The standard InChI is InChI=1S/C39H43P2/c1-25-13-26(2)18-34(17-25)40(35-19-27(3)14-28(4)20-35)33(9)38-11-10-12-39(38)41(36-21-29(5)15-30(6)22-36)37-23-31(7)16-32(8)24-37/h10,12-24,33,39H,1-9H3/t33-,39?/m1/s1. The number of aryl methyl sites for hydroxylation is 8. The molecule has 4 aromatic carbocycles. The Morgan fingerprint density at radius 3 is 1.15 bits per heavy atom. The van der Waals surface area contributed by atoms with E-state index in [9.17, 15) is 0 Å². The molecule has 0 fully saturated rings. The van der Waals surface area contributed by atoms with Crippen molar-refractivity contribution >= 4 is 37.1 Å². The van der Waals surface area contributed by atoms with Crippen LogP contribution in [0.15, 0.2) is 90.5 Å². The molecule has 0 aromatic heterocycles. The zero-order valence-electron chi connectivity index (χ0n) is 26.1. The van der Waals surface area contributed by atoms with Crippen molar-refractivity contribution in [3.05, 3.63) is 141 Å². The molecule has 41 heavy (non-hydrogen) atoms. The highest BCUT2D eigenvalue weighted by Crippen LogP contribution is 2.53. The Kier molecular flexibility index (Phi) is 8.85. The second kappa shape index (κ2) is 12.2. The molecule has 2 heteroatoms. The van der Waals surface area contributed by atoms with E-state index in [0.717, 1.165) is 0 Å². The molecular formula is C39H43P2. The molecule has 1 aliphatic rings. The van der Waals surface area contributed by atoms with Gasteiger partial charge in [-0.05, 0) is 104 Å². The summed E-state index contributed by atoms with van der Waals surface area (Å²) in [7, 11) is -1.28. The summed E-state index contributed by atoms with van der Waals surface area (Å²) in [5.41, 5.74) is 12.9. The van der Waals surface area contributed by atoms with E-state index in [1.54, 1.807) is 0 Å². The van der Waals surface area contributed by atoms with Crippen LogP contribution in [0.4, 0.5) is 0 Å². The monoisotopic (exact) mass is 573 g/mol. The van der Waals surface area contributed by atoms with Gasteiger partial charge in [-0.1, -0.05) is 136 Å². The molecule has 0 N–H and O–H groups in total. The minimum atomic E-state index is -0.652. The van der Waals surface area contributed by atoms with Crippen LogP contribution >= 0.6 is 15.8 Å². The molecule has 0 nitrogen and oxygen atoms in total. The number of allylic oxidation sites excluding steroid dienone is 4. The summed E-state index contributed by atoms with van der Waals surface area (Å²) in [4.78, 5) is 0. The van der Waals surface area contributed by atoms with Gasteiger partial charge in [0.25, 0.3) is 0 Å². The van der Waals surface area contributed by atoms with Crippen molar-refractivity contribution in [3.8, 4) is 0 Å². The topological polar surface area (TPSA) is 0 Å². The van der Waals surface area contributed by atoms with Crippen LogP contribution in [0, 0.1) is 61.5 Å². The van der Waals surface area contributed by atoms with E-state index in [0.29, 0.717) is 11.3 Å². The van der Waals surface area contributed by atoms with E-state index in [1.807, 2.05) is 0 Å². The van der Waals surface area contributed by atoms with Crippen LogP contribution in [0.1, 0.15) is 51.4 Å². The smallest absolute Gasteiger partial charge is 0.0279 e. The first kappa shape index (κ1) is 29.7. The highest BCUT2D eigenvalue weighted by Gasteiger charge is 2.35. The summed E-state index contributed by atoms with van der Waals surface area (Å²) in [5, 5.41) is 5.87. The molecule has 0 amide bonds. The maximum atomic E-state index is 3.83. The van der Waals surface area contributed by atoms with Crippen molar-refractivity contribution in [2.45, 2.75) is 73.6 Å². The molecule has 0 spiro atoms. The lowest BCUT2D eigenvalue weighted by Gasteiger charge is -2.34. The molecule has 0 saturated heterocycles. The highest BCUT2D eigenvalue weighted by molar-refractivity contribution is 7.75. The highest BCUT2D eigenvalue weighted by atomic mass is 31.1. The van der Waals surface area contributed by atoms with E-state index in [2.05, 4.69) is 153 Å². The molecule has 0 heterocycles. The molecule has 0 saturated carbocycles. The van der Waals surface area contributed by atoms with Gasteiger partial charge >= 0.3 is 0 Å². The van der Waals surface area contributed by atoms with E-state index in [-0.39, 0.29) is 0 Å². The third kappa shape index (κ3) is 6.67. The summed E-state index contributed by atoms with van der Waals surface area (Å²) >= 11 is 0. The van der Waals surface area contributed by atoms with Crippen LogP contribution in [-0.2, 0) is 0 Å². The molecule has 0 bridgehead atoms. The fourth-order valence-corrected chi connectivity index (χ4v) is 12.9. The first-order valence-corrected chi connectivity index (χ1v) is 17.5. The van der Waals surface area contributed by atoms with Gasteiger partial charge in [0.05, 0.1) is 0 Å². The Bertz CT molecular complexity index is 1470. The van der Waals surface area contributed by atoms with Gasteiger partial charge in [0, 0.05) is 11.3 Å². The summed E-state index contributed by atoms with van der Waals surface area (Å²) in [6.07, 6.45) is 8.50. The number of hydrogen-bond acceptors (Lipinski definition) is 0. The van der Waals surface area contributed by atoms with Gasteiger partial charge in [-0.3, -0.25) is 0 Å². The van der Waals surface area contributed by atoms with Gasteiger partial charge in [0.1, 0.15) is 0 Å². The van der Waals surface area contributed by atoms with Gasteiger partial charge in [0.2, 0.25) is 0 Å². The van der Waals surface area contributed by atoms with Gasteiger partial charge in [-0.2, -0.15) is 0 Å². The van der Waals surface area contributed by atoms with Crippen LogP contribution in [0.5, 0.6) is 0 Å². The Balaban J connectivity index is 1.66. The minimum absolute atomic E-state index is 0.323. The maximum Gasteiger partial charge on any atom is 0.0279 e. The SMILES string of the molecule is Cc1cc(C)cc(P(c2cc(C)cc(C)c2)C2C=C[C]=C2[C@@H](C)P(c2cc(C)cc(C)c2)c2cc(C)cc(C)c2)c1. The molecule has 209 valence electrons. The minimum Gasteiger partial charge on any atom is -0.0718 e. The van der Waals surface area contributed by atoms with Crippen LogP contribution < -0.4 is 21.2 Å². The second-order valence-electron chi connectivity index (χ2n) is 12.2. The van der Waals surface area contributed by atoms with Crippen LogP contribution in [0.2, 0.25) is 0 Å². The van der Waals surface area contributed by atoms with Crippen molar-refractivity contribution in [2.24, 2.45) is 0 Å². The Hall–Kier alpha value is -2.78. The van der Waals surface area contributed by atoms with Gasteiger partial charge < -0.3 is 0 Å². The largest absolute Gasteiger partial charge is 0.0718 e. The van der Waals surface area contributed by atoms with Gasteiger partial charge in [-0.25, -0.2) is 0 Å². The van der Waals surface area contributed by atoms with Crippen molar-refractivity contribution in [2.75, 3.05) is 0 Å². The molecule has 4 aromatic rings. The fraction of sp³-hybridized carbons (Fsp3) is 0.282. The lowest BCUT2D eigenvalue weighted by atomic mass is 10.1. The molecule has 1 aliphatic carbocycles. The van der Waals surface area contributed by atoms with Crippen molar-refractivity contribution in [1.29, 1.82) is 0 Å². The maximum absolute atomic E-state index is 3.83. The van der Waals surface area contributed by atoms with E-state index >= 15 is 0 Å². The quantitative estimate of drug-likeness (QED) is 0.194. The van der Waals surface area contributed by atoms with E-state index < -0.39 is 15.8 Å². The molecule has 0 aliphatic heterocycles. The number of hydrogen-bond donors (Lipinski definition) is 0. The Labute approximate surface area is 251 Å². The lowest BCUT2D eigenvalue weighted by molar-refractivity contribution is 1.06. The van der Waals surface area contributed by atoms with Crippen LogP contribution in [-0.4, -0.2) is 11.3 Å². The van der Waals surface area contributed by atoms with E-state index in [1.165, 1.54) is 71.3 Å². The molecule has 5 rings (SSSR count). The summed E-state index contributed by atoms with van der Waals surface area (Å²) in [5.74, 6) is 0. The molecule has 1 radical (unpaired) electrons. The van der Waals surface area contributed by atoms with Gasteiger partial charge in [0.15, 0.2) is 0 Å². The summed E-state index contributed by atoms with van der Waals surface area (Å²) < 4.78 is 0. The zero-order valence-corrected chi connectivity index (χ0v) is 27.9. The summed E-state index contributed by atoms with van der Waals surface area (Å²) in [6, 6.07) is 28.7. The van der Waals surface area contributed by atoms with Crippen molar-refractivity contribution < 1.29 is 0 Å². The van der Waals surface area contributed by atoms with Crippen molar-refractivity contribution in [3.63, 3.8) is 0 Å². The first-order chi connectivity index (χ1) is 19.5. The Morgan fingerprint density at radius 1 is 0.488 bits per heavy atom. The zero-order chi connectivity index (χ0) is 29.4.